The van der Waals surface area contributed by atoms with Crippen LogP contribution in [0.15, 0.2) is 24.4 Å². The Balaban J connectivity index is 2.42. The number of nitrogens with zero attached hydrogens (tertiary/aromatic N) is 3. The number of imidazole rings is 1. The smallest absolute Gasteiger partial charge is 0.343 e. The van der Waals surface area contributed by atoms with Gasteiger partial charge in [-0.1, -0.05) is 0 Å². The SMILES string of the molecule is COC(=O)c1ccc(F)c(Cn2c([N+](=O)[O-])cnc2C)c1. The fraction of sp³-hybridized carbons (Fsp3) is 0.231. The first kappa shape index (κ1) is 14.6. The lowest BCUT2D eigenvalue weighted by Gasteiger charge is -2.06. The molecule has 0 atom stereocenters. The van der Waals surface area contributed by atoms with Gasteiger partial charge in [0.25, 0.3) is 0 Å². The molecule has 0 aliphatic carbocycles. The largest absolute Gasteiger partial charge is 0.465 e. The molecule has 2 aromatic rings. The summed E-state index contributed by atoms with van der Waals surface area (Å²) in [5.41, 5.74) is 0.316. The summed E-state index contributed by atoms with van der Waals surface area (Å²) in [4.78, 5) is 25.6. The number of esters is 1. The molecule has 0 fully saturated rings. The highest BCUT2D eigenvalue weighted by molar-refractivity contribution is 5.89. The minimum atomic E-state index is -0.604. The van der Waals surface area contributed by atoms with Gasteiger partial charge in [-0.15, -0.1) is 0 Å². The number of rotatable bonds is 4. The second kappa shape index (κ2) is 5.70. The van der Waals surface area contributed by atoms with Crippen LogP contribution in [0.2, 0.25) is 0 Å². The molecule has 0 amide bonds. The van der Waals surface area contributed by atoms with E-state index in [9.17, 15) is 19.3 Å². The summed E-state index contributed by atoms with van der Waals surface area (Å²) in [7, 11) is 1.22. The van der Waals surface area contributed by atoms with Crippen LogP contribution in [-0.2, 0) is 11.3 Å². The number of carbonyl (C=O) groups excluding carboxylic acids is 1. The molecule has 0 unspecified atom stereocenters. The molecule has 0 bridgehead atoms. The Morgan fingerprint density at radius 1 is 1.52 bits per heavy atom. The predicted octanol–water partition coefficient (Wildman–Crippen LogP) is 2.07. The molecule has 7 nitrogen and oxygen atoms in total. The summed E-state index contributed by atoms with van der Waals surface area (Å²) in [5.74, 6) is -1.03. The van der Waals surface area contributed by atoms with Gasteiger partial charge >= 0.3 is 11.8 Å². The van der Waals surface area contributed by atoms with E-state index in [4.69, 9.17) is 0 Å². The highest BCUT2D eigenvalue weighted by atomic mass is 19.1. The number of methoxy groups -OCH3 is 1. The Hall–Kier alpha value is -2.77. The number of benzene rings is 1. The molecule has 1 aromatic heterocycles. The third-order valence-corrected chi connectivity index (χ3v) is 3.02. The topological polar surface area (TPSA) is 87.3 Å². The molecule has 0 saturated carbocycles. The van der Waals surface area contributed by atoms with Crippen molar-refractivity contribution in [3.63, 3.8) is 0 Å². The highest BCUT2D eigenvalue weighted by Gasteiger charge is 2.20. The molecule has 110 valence electrons. The van der Waals surface area contributed by atoms with E-state index in [1.165, 1.54) is 23.8 Å². The van der Waals surface area contributed by atoms with Crippen molar-refractivity contribution in [2.45, 2.75) is 13.5 Å². The molecule has 1 heterocycles. The van der Waals surface area contributed by atoms with Crippen molar-refractivity contribution in [3.8, 4) is 0 Å². The molecular weight excluding hydrogens is 281 g/mol. The van der Waals surface area contributed by atoms with E-state index in [0.717, 1.165) is 12.3 Å². The maximum absolute atomic E-state index is 13.8. The van der Waals surface area contributed by atoms with Crippen molar-refractivity contribution in [1.29, 1.82) is 0 Å². The molecule has 0 spiro atoms. The van der Waals surface area contributed by atoms with Crippen LogP contribution in [0.1, 0.15) is 21.7 Å². The zero-order valence-corrected chi connectivity index (χ0v) is 11.4. The van der Waals surface area contributed by atoms with Crippen LogP contribution >= 0.6 is 0 Å². The Labute approximate surface area is 119 Å². The zero-order chi connectivity index (χ0) is 15.6. The molecule has 0 aliphatic rings. The number of aryl methyl sites for hydroxylation is 1. The summed E-state index contributed by atoms with van der Waals surface area (Å²) in [6.45, 7) is 1.48. The first-order valence-corrected chi connectivity index (χ1v) is 5.97. The number of nitro groups is 1. The van der Waals surface area contributed by atoms with Gasteiger partial charge in [-0.25, -0.2) is 18.7 Å². The quantitative estimate of drug-likeness (QED) is 0.489. The fourth-order valence-corrected chi connectivity index (χ4v) is 1.91. The lowest BCUT2D eigenvalue weighted by molar-refractivity contribution is -0.392. The van der Waals surface area contributed by atoms with Crippen molar-refractivity contribution < 1.29 is 18.8 Å². The van der Waals surface area contributed by atoms with Crippen LogP contribution in [0.3, 0.4) is 0 Å². The van der Waals surface area contributed by atoms with Crippen LogP contribution in [0.4, 0.5) is 10.2 Å². The van der Waals surface area contributed by atoms with E-state index in [1.54, 1.807) is 6.92 Å². The third kappa shape index (κ3) is 2.88. The van der Waals surface area contributed by atoms with Gasteiger partial charge in [-0.3, -0.25) is 0 Å². The molecule has 0 N–H and O–H groups in total. The Morgan fingerprint density at radius 2 is 2.24 bits per heavy atom. The predicted molar refractivity (Wildman–Crippen MR) is 70.5 cm³/mol. The van der Waals surface area contributed by atoms with E-state index < -0.39 is 16.7 Å². The molecule has 1 aromatic carbocycles. The maximum Gasteiger partial charge on any atom is 0.343 e. The van der Waals surface area contributed by atoms with E-state index in [1.807, 2.05) is 0 Å². The average Bonchev–Trinajstić information content (AvgIpc) is 2.82. The third-order valence-electron chi connectivity index (χ3n) is 3.02. The van der Waals surface area contributed by atoms with Crippen molar-refractivity contribution in [3.05, 3.63) is 57.3 Å². The van der Waals surface area contributed by atoms with Gasteiger partial charge in [0, 0.05) is 12.5 Å². The van der Waals surface area contributed by atoms with Crippen LogP contribution in [0.5, 0.6) is 0 Å². The van der Waals surface area contributed by atoms with Crippen LogP contribution in [0.25, 0.3) is 0 Å². The van der Waals surface area contributed by atoms with Gasteiger partial charge in [0.2, 0.25) is 0 Å². The van der Waals surface area contributed by atoms with Crippen molar-refractivity contribution in [2.75, 3.05) is 7.11 Å². The minimum Gasteiger partial charge on any atom is -0.465 e. The second-order valence-corrected chi connectivity index (χ2v) is 4.30. The zero-order valence-electron chi connectivity index (χ0n) is 11.4. The number of aromatic nitrogens is 2. The number of ether oxygens (including phenoxy) is 1. The Morgan fingerprint density at radius 3 is 2.86 bits per heavy atom. The standard InChI is InChI=1S/C13H12FN3O4/c1-8-15-6-12(17(19)20)16(8)7-10-5-9(13(18)21-2)3-4-11(10)14/h3-6H,7H2,1-2H3. The van der Waals surface area contributed by atoms with E-state index in [-0.39, 0.29) is 23.5 Å². The van der Waals surface area contributed by atoms with Crippen molar-refractivity contribution >= 4 is 11.8 Å². The molecule has 0 saturated heterocycles. The molecule has 0 radical (unpaired) electrons. The van der Waals surface area contributed by atoms with Gasteiger partial charge in [-0.2, -0.15) is 0 Å². The Bertz CT molecular complexity index is 711. The van der Waals surface area contributed by atoms with Gasteiger partial charge in [0.05, 0.1) is 12.7 Å². The van der Waals surface area contributed by atoms with Gasteiger partial charge < -0.3 is 14.9 Å². The van der Waals surface area contributed by atoms with Gasteiger partial charge in [0.15, 0.2) is 5.82 Å². The molecule has 0 aliphatic heterocycles. The molecule has 2 rings (SSSR count). The molecular formula is C13H12FN3O4. The van der Waals surface area contributed by atoms with Gasteiger partial charge in [-0.05, 0) is 23.1 Å². The van der Waals surface area contributed by atoms with E-state index >= 15 is 0 Å². The Kier molecular flexibility index (Phi) is 3.97. The summed E-state index contributed by atoms with van der Waals surface area (Å²) in [5, 5.41) is 10.9. The summed E-state index contributed by atoms with van der Waals surface area (Å²) in [6, 6.07) is 3.73. The lowest BCUT2D eigenvalue weighted by Crippen LogP contribution is -2.09. The van der Waals surface area contributed by atoms with E-state index in [0.29, 0.717) is 5.82 Å². The maximum atomic E-state index is 13.8. The normalized spacial score (nSPS) is 10.4. The highest BCUT2D eigenvalue weighted by Crippen LogP contribution is 2.19. The van der Waals surface area contributed by atoms with Gasteiger partial charge in [0.1, 0.15) is 18.6 Å². The van der Waals surface area contributed by atoms with Crippen LogP contribution in [0, 0.1) is 22.9 Å². The molecule has 21 heavy (non-hydrogen) atoms. The summed E-state index contributed by atoms with van der Waals surface area (Å²) >= 11 is 0. The number of carbonyl (C=O) groups is 1. The van der Waals surface area contributed by atoms with Crippen LogP contribution < -0.4 is 0 Å². The first-order chi connectivity index (χ1) is 9.93. The minimum absolute atomic E-state index is 0.0984. The number of hydrogen-bond acceptors (Lipinski definition) is 5. The number of halogens is 1. The van der Waals surface area contributed by atoms with Crippen molar-refractivity contribution in [1.82, 2.24) is 9.55 Å². The average molecular weight is 293 g/mol. The second-order valence-electron chi connectivity index (χ2n) is 4.30. The number of hydrogen-bond donors (Lipinski definition) is 0. The van der Waals surface area contributed by atoms with Crippen LogP contribution in [-0.4, -0.2) is 27.6 Å². The lowest BCUT2D eigenvalue weighted by atomic mass is 10.1. The summed E-state index contributed by atoms with van der Waals surface area (Å²) < 4.78 is 19.7. The first-order valence-electron chi connectivity index (χ1n) is 5.97. The van der Waals surface area contributed by atoms with E-state index in [2.05, 4.69) is 9.72 Å². The monoisotopic (exact) mass is 293 g/mol. The molecule has 8 heteroatoms. The van der Waals surface area contributed by atoms with Crippen molar-refractivity contribution in [2.24, 2.45) is 0 Å². The fourth-order valence-electron chi connectivity index (χ4n) is 1.91. The summed E-state index contributed by atoms with van der Waals surface area (Å²) in [6.07, 6.45) is 1.11.